The fraction of sp³-hybridized carbons (Fsp3) is 0.143. The second-order valence-corrected chi connectivity index (χ2v) is 4.28. The van der Waals surface area contributed by atoms with Gasteiger partial charge in [0.2, 0.25) is 17.3 Å². The van der Waals surface area contributed by atoms with Gasteiger partial charge in [-0.3, -0.25) is 19.2 Å². The molecule has 7 nitrogen and oxygen atoms in total. The third-order valence-corrected chi connectivity index (χ3v) is 2.69. The van der Waals surface area contributed by atoms with E-state index in [-0.39, 0.29) is 16.9 Å². The van der Waals surface area contributed by atoms with Crippen molar-refractivity contribution in [3.63, 3.8) is 0 Å². The first kappa shape index (κ1) is 16.1. The first-order valence-corrected chi connectivity index (χ1v) is 5.72. The molecule has 0 unspecified atom stereocenters. The van der Waals surface area contributed by atoms with Crippen molar-refractivity contribution in [3.05, 3.63) is 46.7 Å². The Labute approximate surface area is 119 Å². The molecule has 21 heavy (non-hydrogen) atoms. The average molecular weight is 292 g/mol. The minimum absolute atomic E-state index is 0.126. The third-order valence-electron chi connectivity index (χ3n) is 2.69. The van der Waals surface area contributed by atoms with Crippen LogP contribution in [0.1, 0.15) is 13.8 Å². The largest absolute Gasteiger partial charge is 0.504 e. The van der Waals surface area contributed by atoms with Crippen LogP contribution in [0.25, 0.3) is 0 Å². The van der Waals surface area contributed by atoms with Gasteiger partial charge in [0, 0.05) is 23.3 Å². The quantitative estimate of drug-likeness (QED) is 0.566. The van der Waals surface area contributed by atoms with E-state index >= 15 is 0 Å². The van der Waals surface area contributed by atoms with Gasteiger partial charge in [-0.25, -0.2) is 0 Å². The van der Waals surface area contributed by atoms with Crippen LogP contribution < -0.4 is 0 Å². The molecule has 2 aliphatic carbocycles. The van der Waals surface area contributed by atoms with Gasteiger partial charge in [0.1, 0.15) is 0 Å². The van der Waals surface area contributed by atoms with Crippen LogP contribution in [0.2, 0.25) is 0 Å². The number of Topliss-reactive ketones (excluding diaryl/α,β-unsaturated/α-hetero) is 1. The summed E-state index contributed by atoms with van der Waals surface area (Å²) in [5.41, 5.74) is 0.415. The average Bonchev–Trinajstić information content (AvgIpc) is 2.42. The van der Waals surface area contributed by atoms with E-state index in [4.69, 9.17) is 15.3 Å². The molecule has 3 N–H and O–H groups in total. The number of allylic oxidation sites excluding steroid dienone is 5. The van der Waals surface area contributed by atoms with E-state index < -0.39 is 34.6 Å². The van der Waals surface area contributed by atoms with Gasteiger partial charge in [-0.15, -0.1) is 0 Å². The lowest BCUT2D eigenvalue weighted by molar-refractivity contribution is -0.118. The van der Waals surface area contributed by atoms with Gasteiger partial charge >= 0.3 is 0 Å². The number of carbonyl (C=O) groups excluding carboxylic acids is 4. The SMILES string of the molecule is CC1=CC(=O)C(C)=C(O)C1=O.O=C1C=C(O)C(=O)C=C1O. The van der Waals surface area contributed by atoms with Gasteiger partial charge in [-0.05, 0) is 19.9 Å². The molecule has 0 radical (unpaired) electrons. The zero-order valence-corrected chi connectivity index (χ0v) is 11.2. The molecule has 0 bridgehead atoms. The van der Waals surface area contributed by atoms with Gasteiger partial charge in [0.25, 0.3) is 0 Å². The number of ketones is 4. The number of hydrogen-bond donors (Lipinski definition) is 3. The molecular formula is C14H12O7. The molecule has 0 heterocycles. The normalized spacial score (nSPS) is 18.7. The zero-order valence-electron chi connectivity index (χ0n) is 11.2. The summed E-state index contributed by atoms with van der Waals surface area (Å²) in [6, 6.07) is 0. The highest BCUT2D eigenvalue weighted by atomic mass is 16.3. The molecule has 0 atom stereocenters. The summed E-state index contributed by atoms with van der Waals surface area (Å²) in [6.07, 6.45) is 2.59. The molecule has 0 aliphatic heterocycles. The molecular weight excluding hydrogens is 280 g/mol. The van der Waals surface area contributed by atoms with Crippen LogP contribution in [0.15, 0.2) is 46.7 Å². The van der Waals surface area contributed by atoms with Gasteiger partial charge in [0.15, 0.2) is 23.1 Å². The van der Waals surface area contributed by atoms with Crippen LogP contribution in [0, 0.1) is 0 Å². The Morgan fingerprint density at radius 1 is 0.714 bits per heavy atom. The molecule has 0 amide bonds. The lowest BCUT2D eigenvalue weighted by Crippen LogP contribution is -2.16. The summed E-state index contributed by atoms with van der Waals surface area (Å²) >= 11 is 0. The Kier molecular flexibility index (Phi) is 4.60. The molecule has 0 aromatic carbocycles. The van der Waals surface area contributed by atoms with E-state index in [1.54, 1.807) is 0 Å². The van der Waals surface area contributed by atoms with Crippen molar-refractivity contribution in [2.75, 3.05) is 0 Å². The third kappa shape index (κ3) is 3.53. The van der Waals surface area contributed by atoms with E-state index in [0.29, 0.717) is 12.2 Å². The highest BCUT2D eigenvalue weighted by Crippen LogP contribution is 2.15. The van der Waals surface area contributed by atoms with Crippen LogP contribution >= 0.6 is 0 Å². The van der Waals surface area contributed by atoms with Gasteiger partial charge in [0.05, 0.1) is 0 Å². The Bertz CT molecular complexity index is 643. The summed E-state index contributed by atoms with van der Waals surface area (Å²) in [7, 11) is 0. The van der Waals surface area contributed by atoms with Crippen LogP contribution in [-0.2, 0) is 19.2 Å². The molecule has 0 aromatic heterocycles. The van der Waals surface area contributed by atoms with Crippen LogP contribution in [-0.4, -0.2) is 38.5 Å². The zero-order chi connectivity index (χ0) is 16.3. The maximum Gasteiger partial charge on any atom is 0.224 e. The summed E-state index contributed by atoms with van der Waals surface area (Å²) in [6.45, 7) is 2.93. The smallest absolute Gasteiger partial charge is 0.224 e. The molecule has 2 rings (SSSR count). The molecule has 0 saturated carbocycles. The fourth-order valence-electron chi connectivity index (χ4n) is 1.38. The Morgan fingerprint density at radius 2 is 1.14 bits per heavy atom. The summed E-state index contributed by atoms with van der Waals surface area (Å²) in [5.74, 6) is -3.95. The predicted octanol–water partition coefficient (Wildman–Crippen LogP) is 0.938. The second kappa shape index (κ2) is 6.00. The molecule has 7 heteroatoms. The van der Waals surface area contributed by atoms with Crippen molar-refractivity contribution < 1.29 is 34.5 Å². The van der Waals surface area contributed by atoms with E-state index in [2.05, 4.69) is 0 Å². The molecule has 0 saturated heterocycles. The maximum absolute atomic E-state index is 11.0. The second-order valence-electron chi connectivity index (χ2n) is 4.28. The molecule has 0 spiro atoms. The Balaban J connectivity index is 0.000000211. The number of aliphatic hydroxyl groups excluding tert-OH is 3. The van der Waals surface area contributed by atoms with Crippen molar-refractivity contribution in [1.29, 1.82) is 0 Å². The van der Waals surface area contributed by atoms with Crippen LogP contribution in [0.5, 0.6) is 0 Å². The number of hydrogen-bond acceptors (Lipinski definition) is 7. The maximum atomic E-state index is 11.0. The van der Waals surface area contributed by atoms with Crippen molar-refractivity contribution in [2.24, 2.45) is 0 Å². The van der Waals surface area contributed by atoms with E-state index in [0.717, 1.165) is 0 Å². The van der Waals surface area contributed by atoms with Gasteiger partial charge in [-0.2, -0.15) is 0 Å². The fourth-order valence-corrected chi connectivity index (χ4v) is 1.38. The standard InChI is InChI=1S/C8H8O3.C6H4O4/c1-4-3-6(9)5(2)8(11)7(4)10;7-3-1-4(8)6(10)2-5(3)9/h3,11H,1-2H3;1-2,7,10H. The molecule has 0 aromatic rings. The molecule has 2 aliphatic rings. The topological polar surface area (TPSA) is 129 Å². The monoisotopic (exact) mass is 292 g/mol. The van der Waals surface area contributed by atoms with Crippen molar-refractivity contribution in [2.45, 2.75) is 13.8 Å². The highest BCUT2D eigenvalue weighted by molar-refractivity contribution is 6.21. The Hall–Kier alpha value is -2.96. The lowest BCUT2D eigenvalue weighted by atomic mass is 9.98. The van der Waals surface area contributed by atoms with E-state index in [1.807, 2.05) is 0 Å². The van der Waals surface area contributed by atoms with Gasteiger partial charge < -0.3 is 15.3 Å². The number of carbonyl (C=O) groups is 4. The highest BCUT2D eigenvalue weighted by Gasteiger charge is 2.22. The summed E-state index contributed by atoms with van der Waals surface area (Å²) in [5, 5.41) is 26.3. The number of rotatable bonds is 0. The van der Waals surface area contributed by atoms with Crippen molar-refractivity contribution in [1.82, 2.24) is 0 Å². The van der Waals surface area contributed by atoms with E-state index in [1.165, 1.54) is 19.9 Å². The van der Waals surface area contributed by atoms with Crippen molar-refractivity contribution >= 4 is 23.1 Å². The molecule has 0 fully saturated rings. The molecule has 110 valence electrons. The number of aliphatic hydroxyl groups is 3. The van der Waals surface area contributed by atoms with Crippen LogP contribution in [0.4, 0.5) is 0 Å². The lowest BCUT2D eigenvalue weighted by Gasteiger charge is -2.08. The minimum atomic E-state index is -0.753. The predicted molar refractivity (Wildman–Crippen MR) is 70.5 cm³/mol. The Morgan fingerprint density at radius 3 is 1.57 bits per heavy atom. The van der Waals surface area contributed by atoms with E-state index in [9.17, 15) is 19.2 Å². The van der Waals surface area contributed by atoms with Gasteiger partial charge in [-0.1, -0.05) is 0 Å². The summed E-state index contributed by atoms with van der Waals surface area (Å²) < 4.78 is 0. The van der Waals surface area contributed by atoms with Crippen LogP contribution in [0.3, 0.4) is 0 Å². The van der Waals surface area contributed by atoms with Crippen molar-refractivity contribution in [3.8, 4) is 0 Å². The first-order valence-electron chi connectivity index (χ1n) is 5.72. The first-order chi connectivity index (χ1) is 9.65. The summed E-state index contributed by atoms with van der Waals surface area (Å²) in [4.78, 5) is 42.8. The minimum Gasteiger partial charge on any atom is -0.504 e.